The number of likely N-dealkylation sites (tertiary alicyclic amines) is 1. The van der Waals surface area contributed by atoms with E-state index in [4.69, 9.17) is 4.98 Å². The topological polar surface area (TPSA) is 120 Å². The SMILES string of the molecule is Oc1cc(F)cc(-c2nccc3[nH]c(-c4n[nH]c5cnc(-c6cncc(CN7CCCC7)c6)cc45)nc23)c1. The molecule has 6 aromatic rings. The second-order valence-electron chi connectivity index (χ2n) is 9.59. The second kappa shape index (κ2) is 9.00. The van der Waals surface area contributed by atoms with E-state index in [1.807, 2.05) is 18.5 Å². The molecule has 10 heteroatoms. The molecule has 188 valence electrons. The van der Waals surface area contributed by atoms with Gasteiger partial charge in [-0.2, -0.15) is 5.10 Å². The zero-order chi connectivity index (χ0) is 25.6. The van der Waals surface area contributed by atoms with Crippen LogP contribution in [-0.2, 0) is 6.54 Å². The van der Waals surface area contributed by atoms with Crippen molar-refractivity contribution in [3.05, 3.63) is 72.6 Å². The van der Waals surface area contributed by atoms with Gasteiger partial charge in [0.25, 0.3) is 0 Å². The van der Waals surface area contributed by atoms with Crippen LogP contribution in [0.5, 0.6) is 5.75 Å². The minimum absolute atomic E-state index is 0.174. The van der Waals surface area contributed by atoms with Crippen LogP contribution in [0.25, 0.3) is 56.0 Å². The summed E-state index contributed by atoms with van der Waals surface area (Å²) in [6, 6.07) is 9.78. The molecule has 0 atom stereocenters. The lowest BCUT2D eigenvalue weighted by Gasteiger charge is -2.14. The fourth-order valence-electron chi connectivity index (χ4n) is 5.14. The molecule has 6 heterocycles. The summed E-state index contributed by atoms with van der Waals surface area (Å²) in [7, 11) is 0. The predicted molar refractivity (Wildman–Crippen MR) is 142 cm³/mol. The van der Waals surface area contributed by atoms with Crippen LogP contribution >= 0.6 is 0 Å². The number of fused-ring (bicyclic) bond motifs is 2. The maximum absolute atomic E-state index is 14.0. The Labute approximate surface area is 216 Å². The molecule has 1 aliphatic rings. The number of aromatic amines is 2. The predicted octanol–water partition coefficient (Wildman–Crippen LogP) is 5.07. The number of hydrogen-bond donors (Lipinski definition) is 3. The van der Waals surface area contributed by atoms with Crippen molar-refractivity contribution in [2.45, 2.75) is 19.4 Å². The Kier molecular flexibility index (Phi) is 5.33. The third-order valence-electron chi connectivity index (χ3n) is 6.92. The van der Waals surface area contributed by atoms with E-state index in [2.05, 4.69) is 41.1 Å². The highest BCUT2D eigenvalue weighted by atomic mass is 19.1. The molecule has 0 bridgehead atoms. The summed E-state index contributed by atoms with van der Waals surface area (Å²) >= 11 is 0. The van der Waals surface area contributed by atoms with Gasteiger partial charge in [0.1, 0.15) is 22.8 Å². The summed E-state index contributed by atoms with van der Waals surface area (Å²) in [6.45, 7) is 3.14. The monoisotopic (exact) mass is 506 g/mol. The Morgan fingerprint density at radius 1 is 0.921 bits per heavy atom. The lowest BCUT2D eigenvalue weighted by atomic mass is 10.1. The van der Waals surface area contributed by atoms with Gasteiger partial charge in [0.2, 0.25) is 0 Å². The van der Waals surface area contributed by atoms with Crippen molar-refractivity contribution in [1.29, 1.82) is 0 Å². The molecular weight excluding hydrogens is 483 g/mol. The van der Waals surface area contributed by atoms with E-state index < -0.39 is 5.82 Å². The van der Waals surface area contributed by atoms with Gasteiger partial charge in [0.05, 0.1) is 28.6 Å². The van der Waals surface area contributed by atoms with Crippen LogP contribution in [0.4, 0.5) is 4.39 Å². The zero-order valence-corrected chi connectivity index (χ0v) is 20.3. The molecule has 7 rings (SSSR count). The molecule has 1 aliphatic heterocycles. The molecule has 0 amide bonds. The van der Waals surface area contributed by atoms with Crippen molar-refractivity contribution in [1.82, 2.24) is 40.0 Å². The Morgan fingerprint density at radius 3 is 2.68 bits per heavy atom. The number of halogens is 1. The van der Waals surface area contributed by atoms with Crippen LogP contribution in [0.2, 0.25) is 0 Å². The van der Waals surface area contributed by atoms with Crippen molar-refractivity contribution in [2.24, 2.45) is 0 Å². The molecule has 0 saturated carbocycles. The number of pyridine rings is 3. The molecule has 1 fully saturated rings. The Balaban J connectivity index is 1.28. The van der Waals surface area contributed by atoms with Crippen LogP contribution in [0.3, 0.4) is 0 Å². The summed E-state index contributed by atoms with van der Waals surface area (Å²) < 4.78 is 14.0. The van der Waals surface area contributed by atoms with Gasteiger partial charge >= 0.3 is 0 Å². The summed E-state index contributed by atoms with van der Waals surface area (Å²) in [5.41, 5.74) is 6.48. The lowest BCUT2D eigenvalue weighted by molar-refractivity contribution is 0.331. The van der Waals surface area contributed by atoms with Crippen LogP contribution in [-0.4, -0.2) is 58.2 Å². The van der Waals surface area contributed by atoms with Gasteiger partial charge in [-0.05, 0) is 61.8 Å². The Morgan fingerprint density at radius 2 is 1.82 bits per heavy atom. The molecule has 0 spiro atoms. The highest BCUT2D eigenvalue weighted by molar-refractivity contribution is 5.96. The fourth-order valence-corrected chi connectivity index (χ4v) is 5.14. The van der Waals surface area contributed by atoms with Gasteiger partial charge in [0, 0.05) is 47.7 Å². The van der Waals surface area contributed by atoms with E-state index in [1.54, 1.807) is 18.5 Å². The Hall–Kier alpha value is -4.70. The van der Waals surface area contributed by atoms with Gasteiger partial charge in [-0.25, -0.2) is 9.37 Å². The van der Waals surface area contributed by atoms with E-state index >= 15 is 0 Å². The largest absolute Gasteiger partial charge is 0.508 e. The number of nitrogens with zero attached hydrogens (tertiary/aromatic N) is 6. The second-order valence-corrected chi connectivity index (χ2v) is 9.59. The summed E-state index contributed by atoms with van der Waals surface area (Å²) in [5, 5.41) is 18.3. The molecule has 3 N–H and O–H groups in total. The van der Waals surface area contributed by atoms with Gasteiger partial charge in [-0.1, -0.05) is 0 Å². The van der Waals surface area contributed by atoms with Crippen LogP contribution in [0, 0.1) is 5.82 Å². The van der Waals surface area contributed by atoms with Crippen molar-refractivity contribution >= 4 is 21.9 Å². The number of hydrogen-bond acceptors (Lipinski definition) is 7. The molecule has 0 unspecified atom stereocenters. The summed E-state index contributed by atoms with van der Waals surface area (Å²) in [5.74, 6) is -0.182. The first-order valence-electron chi connectivity index (χ1n) is 12.5. The molecule has 38 heavy (non-hydrogen) atoms. The van der Waals surface area contributed by atoms with Gasteiger partial charge < -0.3 is 10.1 Å². The number of imidazole rings is 1. The highest BCUT2D eigenvalue weighted by Crippen LogP contribution is 2.33. The van der Waals surface area contributed by atoms with Crippen LogP contribution in [0.1, 0.15) is 18.4 Å². The quantitative estimate of drug-likeness (QED) is 0.299. The number of aromatic nitrogens is 7. The smallest absolute Gasteiger partial charge is 0.159 e. The molecule has 0 aliphatic carbocycles. The average Bonchev–Trinajstić information content (AvgIpc) is 3.67. The third-order valence-corrected chi connectivity index (χ3v) is 6.92. The van der Waals surface area contributed by atoms with E-state index in [9.17, 15) is 9.50 Å². The number of phenolic OH excluding ortho intramolecular Hbond substituents is 1. The lowest BCUT2D eigenvalue weighted by Crippen LogP contribution is -2.18. The minimum Gasteiger partial charge on any atom is -0.508 e. The third kappa shape index (κ3) is 4.04. The summed E-state index contributed by atoms with van der Waals surface area (Å²) in [4.78, 5) is 24.1. The summed E-state index contributed by atoms with van der Waals surface area (Å²) in [6.07, 6.45) is 9.63. The number of benzene rings is 1. The molecule has 5 aromatic heterocycles. The number of phenols is 1. The van der Waals surface area contributed by atoms with Gasteiger partial charge in [-0.3, -0.25) is 25.0 Å². The van der Waals surface area contributed by atoms with E-state index in [-0.39, 0.29) is 5.75 Å². The van der Waals surface area contributed by atoms with Crippen molar-refractivity contribution < 1.29 is 9.50 Å². The highest BCUT2D eigenvalue weighted by Gasteiger charge is 2.18. The number of H-pyrrole nitrogens is 2. The van der Waals surface area contributed by atoms with E-state index in [0.29, 0.717) is 28.3 Å². The number of nitrogens with one attached hydrogen (secondary N) is 2. The number of rotatable bonds is 5. The molecular formula is C28H23FN8O. The van der Waals surface area contributed by atoms with Crippen molar-refractivity contribution in [3.63, 3.8) is 0 Å². The zero-order valence-electron chi connectivity index (χ0n) is 20.3. The first-order chi connectivity index (χ1) is 18.6. The van der Waals surface area contributed by atoms with Crippen LogP contribution in [0.15, 0.2) is 61.2 Å². The molecule has 1 saturated heterocycles. The van der Waals surface area contributed by atoms with E-state index in [0.717, 1.165) is 53.4 Å². The minimum atomic E-state index is -0.549. The molecule has 1 aromatic carbocycles. The first-order valence-corrected chi connectivity index (χ1v) is 12.5. The van der Waals surface area contributed by atoms with Crippen molar-refractivity contribution in [2.75, 3.05) is 13.1 Å². The van der Waals surface area contributed by atoms with Gasteiger partial charge in [0.15, 0.2) is 5.82 Å². The normalized spacial score (nSPS) is 14.1. The fraction of sp³-hybridized carbons (Fsp3) is 0.179. The standard InChI is InChI=1S/C28H23FN8O/c29-19-8-17(9-20(38)10-19)25-27-22(3-4-31-25)33-28(34-27)26-21-11-23(32-14-24(21)35-36-26)18-7-16(12-30-13-18)15-37-5-1-2-6-37/h3-4,7-14,38H,1-2,5-6,15H2,(H,33,34)(H,35,36). The first kappa shape index (κ1) is 22.5. The number of aromatic hydroxyl groups is 1. The average molecular weight is 507 g/mol. The van der Waals surface area contributed by atoms with Crippen LogP contribution < -0.4 is 0 Å². The maximum atomic E-state index is 14.0. The van der Waals surface area contributed by atoms with Gasteiger partial charge in [-0.15, -0.1) is 0 Å². The Bertz CT molecular complexity index is 1780. The van der Waals surface area contributed by atoms with E-state index in [1.165, 1.54) is 30.5 Å². The maximum Gasteiger partial charge on any atom is 0.159 e. The molecule has 0 radical (unpaired) electrons. The van der Waals surface area contributed by atoms with Crippen molar-refractivity contribution in [3.8, 4) is 39.8 Å². The molecule has 9 nitrogen and oxygen atoms in total.